The molecule has 96 valence electrons. The number of likely N-dealkylation sites (tertiary alicyclic amines) is 1. The first kappa shape index (κ1) is 14.0. The van der Waals surface area contributed by atoms with Gasteiger partial charge >= 0.3 is 0 Å². The zero-order valence-electron chi connectivity index (χ0n) is 11.6. The standard InChI is InChI=1S/C14H30N2/c1-12(2)8-15-9-14-6-5-7-16(11-14)10-13(3)4/h12-15H,5-11H2,1-4H3. The molecular weight excluding hydrogens is 196 g/mol. The Morgan fingerprint density at radius 1 is 1.19 bits per heavy atom. The lowest BCUT2D eigenvalue weighted by molar-refractivity contribution is 0.156. The van der Waals surface area contributed by atoms with Crippen molar-refractivity contribution in [3.8, 4) is 0 Å². The van der Waals surface area contributed by atoms with E-state index in [0.717, 1.165) is 17.8 Å². The topological polar surface area (TPSA) is 15.3 Å². The molecule has 0 saturated carbocycles. The molecule has 1 atom stereocenters. The molecule has 0 aliphatic carbocycles. The fourth-order valence-corrected chi connectivity index (χ4v) is 2.58. The van der Waals surface area contributed by atoms with E-state index in [1.54, 1.807) is 0 Å². The van der Waals surface area contributed by atoms with Crippen LogP contribution in [0.15, 0.2) is 0 Å². The molecule has 1 unspecified atom stereocenters. The van der Waals surface area contributed by atoms with E-state index in [-0.39, 0.29) is 0 Å². The Morgan fingerprint density at radius 2 is 1.94 bits per heavy atom. The minimum absolute atomic E-state index is 0.773. The number of rotatable bonds is 6. The van der Waals surface area contributed by atoms with Gasteiger partial charge in [0.2, 0.25) is 0 Å². The van der Waals surface area contributed by atoms with Gasteiger partial charge in [-0.25, -0.2) is 0 Å². The van der Waals surface area contributed by atoms with Gasteiger partial charge in [-0.05, 0) is 50.2 Å². The van der Waals surface area contributed by atoms with Crippen LogP contribution in [0.5, 0.6) is 0 Å². The molecule has 1 rings (SSSR count). The van der Waals surface area contributed by atoms with Gasteiger partial charge in [-0.2, -0.15) is 0 Å². The third kappa shape index (κ3) is 5.86. The average Bonchev–Trinajstić information content (AvgIpc) is 2.16. The maximum atomic E-state index is 3.60. The summed E-state index contributed by atoms with van der Waals surface area (Å²) in [5.41, 5.74) is 0. The van der Waals surface area contributed by atoms with Crippen molar-refractivity contribution in [2.75, 3.05) is 32.7 Å². The van der Waals surface area contributed by atoms with E-state index < -0.39 is 0 Å². The first-order valence-corrected chi connectivity index (χ1v) is 7.01. The highest BCUT2D eigenvalue weighted by Crippen LogP contribution is 2.16. The molecule has 1 aliphatic heterocycles. The third-order valence-electron chi connectivity index (χ3n) is 3.21. The molecule has 2 heteroatoms. The summed E-state index contributed by atoms with van der Waals surface area (Å²) in [5, 5.41) is 3.60. The molecule has 1 N–H and O–H groups in total. The SMILES string of the molecule is CC(C)CNCC1CCCN(CC(C)C)C1. The van der Waals surface area contributed by atoms with Crippen LogP contribution in [-0.4, -0.2) is 37.6 Å². The molecule has 0 bridgehead atoms. The maximum Gasteiger partial charge on any atom is 0.00219 e. The van der Waals surface area contributed by atoms with Crippen LogP contribution in [-0.2, 0) is 0 Å². The highest BCUT2D eigenvalue weighted by atomic mass is 15.1. The third-order valence-corrected chi connectivity index (χ3v) is 3.21. The quantitative estimate of drug-likeness (QED) is 0.749. The van der Waals surface area contributed by atoms with Crippen molar-refractivity contribution < 1.29 is 0 Å². The summed E-state index contributed by atoms with van der Waals surface area (Å²) < 4.78 is 0. The van der Waals surface area contributed by atoms with Gasteiger partial charge < -0.3 is 10.2 Å². The Balaban J connectivity index is 2.17. The van der Waals surface area contributed by atoms with Crippen molar-refractivity contribution >= 4 is 0 Å². The summed E-state index contributed by atoms with van der Waals surface area (Å²) >= 11 is 0. The highest BCUT2D eigenvalue weighted by molar-refractivity contribution is 4.75. The van der Waals surface area contributed by atoms with Crippen LogP contribution in [0.1, 0.15) is 40.5 Å². The van der Waals surface area contributed by atoms with E-state index in [2.05, 4.69) is 37.9 Å². The average molecular weight is 226 g/mol. The fraction of sp³-hybridized carbons (Fsp3) is 1.00. The lowest BCUT2D eigenvalue weighted by atomic mass is 9.97. The highest BCUT2D eigenvalue weighted by Gasteiger charge is 2.19. The lowest BCUT2D eigenvalue weighted by Gasteiger charge is -2.34. The van der Waals surface area contributed by atoms with Crippen LogP contribution in [0.2, 0.25) is 0 Å². The number of nitrogens with zero attached hydrogens (tertiary/aromatic N) is 1. The van der Waals surface area contributed by atoms with Crippen LogP contribution in [0.3, 0.4) is 0 Å². The monoisotopic (exact) mass is 226 g/mol. The summed E-state index contributed by atoms with van der Waals surface area (Å²) in [6.07, 6.45) is 2.81. The second kappa shape index (κ2) is 7.29. The van der Waals surface area contributed by atoms with Gasteiger partial charge in [0, 0.05) is 13.1 Å². The van der Waals surface area contributed by atoms with Crippen molar-refractivity contribution in [1.29, 1.82) is 0 Å². The van der Waals surface area contributed by atoms with Crippen molar-refractivity contribution in [3.63, 3.8) is 0 Å². The Morgan fingerprint density at radius 3 is 2.56 bits per heavy atom. The molecule has 1 heterocycles. The summed E-state index contributed by atoms with van der Waals surface area (Å²) in [6, 6.07) is 0. The first-order chi connectivity index (χ1) is 7.58. The fourth-order valence-electron chi connectivity index (χ4n) is 2.58. The molecule has 1 aliphatic rings. The molecule has 1 fully saturated rings. The van der Waals surface area contributed by atoms with Crippen molar-refractivity contribution in [3.05, 3.63) is 0 Å². The number of piperidine rings is 1. The van der Waals surface area contributed by atoms with Crippen LogP contribution in [0.4, 0.5) is 0 Å². The summed E-state index contributed by atoms with van der Waals surface area (Å²) in [6.45, 7) is 15.5. The van der Waals surface area contributed by atoms with Crippen molar-refractivity contribution in [2.45, 2.75) is 40.5 Å². The van der Waals surface area contributed by atoms with E-state index >= 15 is 0 Å². The molecule has 0 aromatic carbocycles. The molecule has 1 saturated heterocycles. The van der Waals surface area contributed by atoms with Gasteiger partial charge in [0.15, 0.2) is 0 Å². The summed E-state index contributed by atoms with van der Waals surface area (Å²) in [7, 11) is 0. The smallest absolute Gasteiger partial charge is 0.00219 e. The number of hydrogen-bond donors (Lipinski definition) is 1. The van der Waals surface area contributed by atoms with Gasteiger partial charge in [-0.15, -0.1) is 0 Å². The molecule has 0 radical (unpaired) electrons. The van der Waals surface area contributed by atoms with Crippen molar-refractivity contribution in [2.24, 2.45) is 17.8 Å². The molecular formula is C14H30N2. The Bertz CT molecular complexity index is 178. The zero-order valence-corrected chi connectivity index (χ0v) is 11.6. The summed E-state index contributed by atoms with van der Waals surface area (Å²) in [5.74, 6) is 2.46. The van der Waals surface area contributed by atoms with E-state index in [1.807, 2.05) is 0 Å². The second-order valence-corrected chi connectivity index (χ2v) is 6.21. The number of nitrogens with one attached hydrogen (secondary N) is 1. The Kier molecular flexibility index (Phi) is 6.37. The van der Waals surface area contributed by atoms with E-state index in [4.69, 9.17) is 0 Å². The molecule has 2 nitrogen and oxygen atoms in total. The maximum absolute atomic E-state index is 3.60. The molecule has 16 heavy (non-hydrogen) atoms. The van der Waals surface area contributed by atoms with Gasteiger partial charge in [-0.3, -0.25) is 0 Å². The van der Waals surface area contributed by atoms with E-state index in [1.165, 1.54) is 45.6 Å². The first-order valence-electron chi connectivity index (χ1n) is 7.01. The largest absolute Gasteiger partial charge is 0.316 e. The van der Waals surface area contributed by atoms with Crippen LogP contribution in [0, 0.1) is 17.8 Å². The van der Waals surface area contributed by atoms with Crippen molar-refractivity contribution in [1.82, 2.24) is 10.2 Å². The van der Waals surface area contributed by atoms with Crippen LogP contribution < -0.4 is 5.32 Å². The second-order valence-electron chi connectivity index (χ2n) is 6.21. The Labute approximate surface area is 102 Å². The zero-order chi connectivity index (χ0) is 12.0. The normalized spacial score (nSPS) is 23.2. The molecule has 0 aromatic rings. The van der Waals surface area contributed by atoms with Crippen LogP contribution in [0.25, 0.3) is 0 Å². The van der Waals surface area contributed by atoms with E-state index in [0.29, 0.717) is 0 Å². The Hall–Kier alpha value is -0.0800. The summed E-state index contributed by atoms with van der Waals surface area (Å²) in [4.78, 5) is 2.65. The minimum Gasteiger partial charge on any atom is -0.316 e. The molecule has 0 spiro atoms. The molecule has 0 amide bonds. The van der Waals surface area contributed by atoms with E-state index in [9.17, 15) is 0 Å². The van der Waals surface area contributed by atoms with Gasteiger partial charge in [0.05, 0.1) is 0 Å². The van der Waals surface area contributed by atoms with Gasteiger partial charge in [-0.1, -0.05) is 27.7 Å². The van der Waals surface area contributed by atoms with Crippen LogP contribution >= 0.6 is 0 Å². The number of hydrogen-bond acceptors (Lipinski definition) is 2. The minimum atomic E-state index is 0.773. The lowest BCUT2D eigenvalue weighted by Crippen LogP contribution is -2.41. The predicted octanol–water partition coefficient (Wildman–Crippen LogP) is 2.60. The molecule has 0 aromatic heterocycles. The van der Waals surface area contributed by atoms with Gasteiger partial charge in [0.25, 0.3) is 0 Å². The predicted molar refractivity (Wildman–Crippen MR) is 71.7 cm³/mol. The van der Waals surface area contributed by atoms with Gasteiger partial charge in [0.1, 0.15) is 0 Å².